The van der Waals surface area contributed by atoms with Crippen molar-refractivity contribution < 1.29 is 4.39 Å². The molecule has 3 aromatic rings. The molecule has 0 N–H and O–H groups in total. The molecule has 0 saturated heterocycles. The second-order valence-corrected chi connectivity index (χ2v) is 7.20. The predicted octanol–water partition coefficient (Wildman–Crippen LogP) is 4.44. The molecule has 124 valence electrons. The molecule has 0 spiro atoms. The molecule has 0 saturated carbocycles. The predicted molar refractivity (Wildman–Crippen MR) is 95.5 cm³/mol. The normalized spacial score (nSPS) is 11.9. The molecule has 0 fully saturated rings. The first-order valence-electron chi connectivity index (χ1n) is 8.00. The Hall–Kier alpha value is -2.49. The van der Waals surface area contributed by atoms with E-state index in [0.717, 1.165) is 5.56 Å². The summed E-state index contributed by atoms with van der Waals surface area (Å²) in [7, 11) is 0. The molecule has 0 radical (unpaired) electrons. The lowest BCUT2D eigenvalue weighted by molar-refractivity contribution is 0.517. The van der Waals surface area contributed by atoms with Gasteiger partial charge in [0.1, 0.15) is 11.6 Å². The maximum absolute atomic E-state index is 14.6. The van der Waals surface area contributed by atoms with Crippen LogP contribution in [-0.4, -0.2) is 9.55 Å². The molecule has 2 aromatic carbocycles. The Morgan fingerprint density at radius 1 is 1.00 bits per heavy atom. The molecule has 0 aliphatic carbocycles. The zero-order valence-electron chi connectivity index (χ0n) is 14.6. The van der Waals surface area contributed by atoms with E-state index in [4.69, 9.17) is 4.98 Å². The van der Waals surface area contributed by atoms with Gasteiger partial charge in [0.05, 0.1) is 16.6 Å². The van der Waals surface area contributed by atoms with Gasteiger partial charge in [0.15, 0.2) is 0 Å². The van der Waals surface area contributed by atoms with Crippen LogP contribution in [-0.2, 0) is 5.41 Å². The Labute approximate surface area is 140 Å². The van der Waals surface area contributed by atoms with E-state index in [1.165, 1.54) is 10.6 Å². The van der Waals surface area contributed by atoms with Crippen LogP contribution in [0.4, 0.5) is 4.39 Å². The lowest BCUT2D eigenvalue weighted by Crippen LogP contribution is -2.32. The SMILES string of the molecule is Cc1cccc(F)c1-n1c(C(C)(C)C)nc2cccc(C)c2c1=O. The number of para-hydroxylation sites is 1. The first-order valence-corrected chi connectivity index (χ1v) is 8.00. The Bertz CT molecular complexity index is 977. The van der Waals surface area contributed by atoms with Crippen molar-refractivity contribution in [3.63, 3.8) is 0 Å². The number of aromatic nitrogens is 2. The third kappa shape index (κ3) is 2.52. The minimum atomic E-state index is -0.419. The monoisotopic (exact) mass is 324 g/mol. The topological polar surface area (TPSA) is 34.9 Å². The van der Waals surface area contributed by atoms with Gasteiger partial charge in [0.25, 0.3) is 5.56 Å². The van der Waals surface area contributed by atoms with Gasteiger partial charge in [-0.15, -0.1) is 0 Å². The summed E-state index contributed by atoms with van der Waals surface area (Å²) in [5.41, 5.74) is 1.84. The van der Waals surface area contributed by atoms with Crippen molar-refractivity contribution in [3.05, 3.63) is 69.5 Å². The van der Waals surface area contributed by atoms with Crippen molar-refractivity contribution in [2.45, 2.75) is 40.0 Å². The highest BCUT2D eigenvalue weighted by Gasteiger charge is 2.26. The number of hydrogen-bond donors (Lipinski definition) is 0. The lowest BCUT2D eigenvalue weighted by Gasteiger charge is -2.25. The zero-order valence-corrected chi connectivity index (χ0v) is 14.6. The van der Waals surface area contributed by atoms with Gasteiger partial charge in [-0.3, -0.25) is 9.36 Å². The van der Waals surface area contributed by atoms with Gasteiger partial charge in [0.2, 0.25) is 0 Å². The molecule has 0 aliphatic rings. The molecular formula is C20H21FN2O. The van der Waals surface area contributed by atoms with E-state index >= 15 is 0 Å². The molecule has 1 heterocycles. The Morgan fingerprint density at radius 2 is 1.62 bits per heavy atom. The first kappa shape index (κ1) is 16.4. The van der Waals surface area contributed by atoms with Crippen molar-refractivity contribution in [3.8, 4) is 5.69 Å². The largest absolute Gasteiger partial charge is 0.268 e. The minimum absolute atomic E-state index is 0.226. The highest BCUT2D eigenvalue weighted by molar-refractivity contribution is 5.81. The number of rotatable bonds is 1. The van der Waals surface area contributed by atoms with Crippen LogP contribution in [0.2, 0.25) is 0 Å². The summed E-state index contributed by atoms with van der Waals surface area (Å²) >= 11 is 0. The summed E-state index contributed by atoms with van der Waals surface area (Å²) in [6.07, 6.45) is 0. The Balaban J connectivity index is 2.57. The number of aryl methyl sites for hydroxylation is 2. The van der Waals surface area contributed by atoms with Crippen LogP contribution in [0.25, 0.3) is 16.6 Å². The van der Waals surface area contributed by atoms with Gasteiger partial charge in [-0.25, -0.2) is 9.37 Å². The summed E-state index contributed by atoms with van der Waals surface area (Å²) in [5.74, 6) is 0.135. The van der Waals surface area contributed by atoms with E-state index < -0.39 is 11.2 Å². The van der Waals surface area contributed by atoms with Crippen LogP contribution in [0.15, 0.2) is 41.2 Å². The molecule has 24 heavy (non-hydrogen) atoms. The fourth-order valence-electron chi connectivity index (χ4n) is 3.01. The number of nitrogens with zero attached hydrogens (tertiary/aromatic N) is 2. The van der Waals surface area contributed by atoms with Gasteiger partial charge in [-0.1, -0.05) is 45.0 Å². The lowest BCUT2D eigenvalue weighted by atomic mass is 9.94. The van der Waals surface area contributed by atoms with E-state index in [-0.39, 0.29) is 11.2 Å². The van der Waals surface area contributed by atoms with Crippen molar-refractivity contribution in [2.75, 3.05) is 0 Å². The Morgan fingerprint density at radius 3 is 2.25 bits per heavy atom. The summed E-state index contributed by atoms with van der Waals surface area (Å²) in [6.45, 7) is 9.61. The number of halogens is 1. The van der Waals surface area contributed by atoms with Crippen molar-refractivity contribution in [2.24, 2.45) is 0 Å². The van der Waals surface area contributed by atoms with Crippen molar-refractivity contribution in [1.29, 1.82) is 0 Å². The van der Waals surface area contributed by atoms with Crippen molar-refractivity contribution in [1.82, 2.24) is 9.55 Å². The molecule has 0 bridgehead atoms. The van der Waals surface area contributed by atoms with Gasteiger partial charge in [-0.05, 0) is 37.1 Å². The molecule has 0 aliphatic heterocycles. The maximum atomic E-state index is 14.6. The number of benzene rings is 2. The molecular weight excluding hydrogens is 303 g/mol. The van der Waals surface area contributed by atoms with Gasteiger partial charge >= 0.3 is 0 Å². The Kier molecular flexibility index (Phi) is 3.78. The van der Waals surface area contributed by atoms with Crippen LogP contribution >= 0.6 is 0 Å². The minimum Gasteiger partial charge on any atom is -0.268 e. The van der Waals surface area contributed by atoms with E-state index in [1.54, 1.807) is 19.1 Å². The fourth-order valence-corrected chi connectivity index (χ4v) is 3.01. The maximum Gasteiger partial charge on any atom is 0.266 e. The van der Waals surface area contributed by atoms with E-state index in [1.807, 2.05) is 45.9 Å². The van der Waals surface area contributed by atoms with Crippen LogP contribution in [0.3, 0.4) is 0 Å². The second kappa shape index (κ2) is 5.55. The van der Waals surface area contributed by atoms with E-state index in [2.05, 4.69) is 0 Å². The fraction of sp³-hybridized carbons (Fsp3) is 0.300. The summed E-state index contributed by atoms with van der Waals surface area (Å²) in [6, 6.07) is 10.4. The van der Waals surface area contributed by atoms with Crippen LogP contribution in [0.5, 0.6) is 0 Å². The molecule has 3 rings (SSSR count). The highest BCUT2D eigenvalue weighted by atomic mass is 19.1. The molecule has 0 unspecified atom stereocenters. The van der Waals surface area contributed by atoms with Gasteiger partial charge in [0, 0.05) is 5.41 Å². The molecule has 4 heteroatoms. The zero-order chi connectivity index (χ0) is 17.6. The third-order valence-corrected chi connectivity index (χ3v) is 4.19. The highest BCUT2D eigenvalue weighted by Crippen LogP contribution is 2.27. The standard InChI is InChI=1S/C20H21FN2O/c1-12-8-7-11-15-16(12)18(24)23(19(22-15)20(3,4)5)17-13(2)9-6-10-14(17)21/h6-11H,1-5H3. The van der Waals surface area contributed by atoms with Crippen molar-refractivity contribution >= 4 is 10.9 Å². The number of fused-ring (bicyclic) bond motifs is 1. The van der Waals surface area contributed by atoms with Gasteiger partial charge < -0.3 is 0 Å². The van der Waals surface area contributed by atoms with Crippen LogP contribution in [0, 0.1) is 19.7 Å². The molecule has 1 aromatic heterocycles. The third-order valence-electron chi connectivity index (χ3n) is 4.19. The summed E-state index contributed by atoms with van der Waals surface area (Å²) in [5, 5.41) is 0.535. The first-order chi connectivity index (χ1) is 11.2. The average molecular weight is 324 g/mol. The average Bonchev–Trinajstić information content (AvgIpc) is 2.47. The van der Waals surface area contributed by atoms with Crippen LogP contribution < -0.4 is 5.56 Å². The van der Waals surface area contributed by atoms with E-state index in [9.17, 15) is 9.18 Å². The summed E-state index contributed by atoms with van der Waals surface area (Å²) < 4.78 is 16.0. The number of hydrogen-bond acceptors (Lipinski definition) is 2. The molecule has 0 amide bonds. The second-order valence-electron chi connectivity index (χ2n) is 7.20. The van der Waals surface area contributed by atoms with Gasteiger partial charge in [-0.2, -0.15) is 0 Å². The van der Waals surface area contributed by atoms with E-state index in [0.29, 0.717) is 22.3 Å². The smallest absolute Gasteiger partial charge is 0.266 e. The quantitative estimate of drug-likeness (QED) is 0.663. The molecule has 3 nitrogen and oxygen atoms in total. The molecule has 0 atom stereocenters. The van der Waals surface area contributed by atoms with Crippen LogP contribution in [0.1, 0.15) is 37.7 Å². The summed E-state index contributed by atoms with van der Waals surface area (Å²) in [4.78, 5) is 18.0.